The number of ether oxygens (including phenoxy) is 3. The van der Waals surface area contributed by atoms with Gasteiger partial charge in [-0.15, -0.1) is 0 Å². The highest BCUT2D eigenvalue weighted by atomic mass is 16.5. The normalized spacial score (nSPS) is 10.3. The lowest BCUT2D eigenvalue weighted by molar-refractivity contribution is 0.0919. The van der Waals surface area contributed by atoms with Gasteiger partial charge in [-0.05, 0) is 47.5 Å². The van der Waals surface area contributed by atoms with Crippen molar-refractivity contribution >= 4 is 5.91 Å². The molecule has 176 valence electrons. The molecule has 3 aromatic carbocycles. The van der Waals surface area contributed by atoms with Crippen LogP contribution in [0.15, 0.2) is 89.3 Å². The van der Waals surface area contributed by atoms with Crippen LogP contribution in [0, 0.1) is 11.3 Å². The van der Waals surface area contributed by atoms with Crippen LogP contribution in [-0.4, -0.2) is 13.0 Å². The van der Waals surface area contributed by atoms with Crippen LogP contribution in [-0.2, 0) is 19.8 Å². The number of furan rings is 1. The van der Waals surface area contributed by atoms with Crippen molar-refractivity contribution in [2.75, 3.05) is 7.11 Å². The van der Waals surface area contributed by atoms with Crippen molar-refractivity contribution in [2.45, 2.75) is 19.8 Å². The lowest BCUT2D eigenvalue weighted by Crippen LogP contribution is -2.22. The molecule has 0 aliphatic rings. The molecule has 0 saturated carbocycles. The Morgan fingerprint density at radius 1 is 0.857 bits per heavy atom. The second-order valence-corrected chi connectivity index (χ2v) is 7.60. The summed E-state index contributed by atoms with van der Waals surface area (Å²) in [4.78, 5) is 12.5. The van der Waals surface area contributed by atoms with Gasteiger partial charge < -0.3 is 23.9 Å². The smallest absolute Gasteiger partial charge is 0.287 e. The van der Waals surface area contributed by atoms with Crippen LogP contribution in [0.1, 0.15) is 33.0 Å². The van der Waals surface area contributed by atoms with E-state index in [0.717, 1.165) is 11.1 Å². The first-order valence-corrected chi connectivity index (χ1v) is 11.0. The SMILES string of the molecule is COc1cc(CNC(=O)c2ccc(COc3ccccc3C#N)o2)ccc1OCc1ccccc1. The maximum atomic E-state index is 12.5. The topological polar surface area (TPSA) is 93.7 Å². The number of hydrogen-bond acceptors (Lipinski definition) is 6. The number of carbonyl (C=O) groups excluding carboxylic acids is 1. The Kier molecular flexibility index (Phi) is 7.66. The van der Waals surface area contributed by atoms with Gasteiger partial charge in [0, 0.05) is 6.54 Å². The fraction of sp³-hybridized carbons (Fsp3) is 0.143. The van der Waals surface area contributed by atoms with E-state index >= 15 is 0 Å². The van der Waals surface area contributed by atoms with Crippen molar-refractivity contribution in [3.8, 4) is 23.3 Å². The van der Waals surface area contributed by atoms with E-state index in [1.165, 1.54) is 0 Å². The van der Waals surface area contributed by atoms with Crippen LogP contribution >= 0.6 is 0 Å². The van der Waals surface area contributed by atoms with Gasteiger partial charge in [0.2, 0.25) is 0 Å². The molecule has 1 N–H and O–H groups in total. The summed E-state index contributed by atoms with van der Waals surface area (Å²) in [6.45, 7) is 0.823. The van der Waals surface area contributed by atoms with E-state index in [0.29, 0.717) is 35.2 Å². The number of nitrogens with one attached hydrogen (secondary N) is 1. The summed E-state index contributed by atoms with van der Waals surface area (Å²) in [5.41, 5.74) is 2.35. The zero-order valence-corrected chi connectivity index (χ0v) is 19.2. The van der Waals surface area contributed by atoms with Gasteiger partial charge in [-0.1, -0.05) is 48.5 Å². The number of amides is 1. The summed E-state index contributed by atoms with van der Waals surface area (Å²) in [7, 11) is 1.58. The molecule has 4 rings (SSSR count). The molecule has 7 heteroatoms. The van der Waals surface area contributed by atoms with Crippen molar-refractivity contribution in [2.24, 2.45) is 0 Å². The summed E-state index contributed by atoms with van der Waals surface area (Å²) in [5, 5.41) is 12.0. The first kappa shape index (κ1) is 23.5. The fourth-order valence-corrected chi connectivity index (χ4v) is 3.36. The maximum Gasteiger partial charge on any atom is 0.287 e. The van der Waals surface area contributed by atoms with Gasteiger partial charge in [-0.25, -0.2) is 0 Å². The lowest BCUT2D eigenvalue weighted by Gasteiger charge is -2.12. The highest BCUT2D eigenvalue weighted by Crippen LogP contribution is 2.29. The number of carbonyl (C=O) groups is 1. The molecule has 4 aromatic rings. The summed E-state index contributed by atoms with van der Waals surface area (Å²) < 4.78 is 22.6. The molecule has 1 heterocycles. The molecule has 0 atom stereocenters. The third-order valence-electron chi connectivity index (χ3n) is 5.18. The standard InChI is InChI=1S/C28H24N2O5/c1-32-27-15-21(11-13-25(27)33-18-20-7-3-2-4-8-20)17-30-28(31)26-14-12-23(35-26)19-34-24-10-6-5-9-22(24)16-29/h2-15H,17-19H2,1H3,(H,30,31). The second kappa shape index (κ2) is 11.4. The first-order valence-electron chi connectivity index (χ1n) is 11.0. The van der Waals surface area contributed by atoms with Gasteiger partial charge >= 0.3 is 0 Å². The molecule has 0 saturated heterocycles. The summed E-state index contributed by atoms with van der Waals surface area (Å²) in [6.07, 6.45) is 0. The average molecular weight is 469 g/mol. The Morgan fingerprint density at radius 2 is 1.63 bits per heavy atom. The Morgan fingerprint density at radius 3 is 2.43 bits per heavy atom. The number of para-hydroxylation sites is 1. The van der Waals surface area contributed by atoms with Crippen LogP contribution in [0.4, 0.5) is 0 Å². The number of methoxy groups -OCH3 is 1. The van der Waals surface area contributed by atoms with Gasteiger partial charge in [0.15, 0.2) is 17.3 Å². The molecular formula is C28H24N2O5. The van der Waals surface area contributed by atoms with Crippen molar-refractivity contribution < 1.29 is 23.4 Å². The van der Waals surface area contributed by atoms with E-state index in [1.807, 2.05) is 48.5 Å². The van der Waals surface area contributed by atoms with Gasteiger partial charge in [-0.3, -0.25) is 4.79 Å². The molecule has 35 heavy (non-hydrogen) atoms. The molecule has 0 fully saturated rings. The van der Waals surface area contributed by atoms with Crippen molar-refractivity contribution in [3.63, 3.8) is 0 Å². The molecule has 0 unspecified atom stereocenters. The predicted octanol–water partition coefficient (Wildman–Crippen LogP) is 5.25. The van der Waals surface area contributed by atoms with Crippen LogP contribution in [0.3, 0.4) is 0 Å². The highest BCUT2D eigenvalue weighted by Gasteiger charge is 2.13. The molecular weight excluding hydrogens is 444 g/mol. The number of nitriles is 1. The van der Waals surface area contributed by atoms with Crippen LogP contribution in [0.2, 0.25) is 0 Å². The maximum absolute atomic E-state index is 12.5. The quantitative estimate of drug-likeness (QED) is 0.342. The summed E-state index contributed by atoms with van der Waals surface area (Å²) in [5.74, 6) is 1.97. The number of benzene rings is 3. The molecule has 7 nitrogen and oxygen atoms in total. The second-order valence-electron chi connectivity index (χ2n) is 7.60. The Bertz CT molecular complexity index is 1320. The zero-order valence-electron chi connectivity index (χ0n) is 19.2. The van der Waals surface area contributed by atoms with Gasteiger partial charge in [0.05, 0.1) is 12.7 Å². The van der Waals surface area contributed by atoms with Crippen LogP contribution in [0.25, 0.3) is 0 Å². The number of nitrogens with zero attached hydrogens (tertiary/aromatic N) is 1. The summed E-state index contributed by atoms with van der Waals surface area (Å²) in [6, 6.07) is 27.7. The monoisotopic (exact) mass is 468 g/mol. The highest BCUT2D eigenvalue weighted by molar-refractivity contribution is 5.91. The van der Waals surface area contributed by atoms with Gasteiger partial charge in [0.25, 0.3) is 5.91 Å². The largest absolute Gasteiger partial charge is 0.493 e. The Balaban J connectivity index is 1.31. The fourth-order valence-electron chi connectivity index (χ4n) is 3.36. The van der Waals surface area contributed by atoms with Gasteiger partial charge in [0.1, 0.15) is 30.8 Å². The third kappa shape index (κ3) is 6.21. The number of rotatable bonds is 10. The van der Waals surface area contributed by atoms with Crippen molar-refractivity contribution in [3.05, 3.63) is 113 Å². The van der Waals surface area contributed by atoms with E-state index in [2.05, 4.69) is 11.4 Å². The molecule has 0 aliphatic heterocycles. The summed E-state index contributed by atoms with van der Waals surface area (Å²) >= 11 is 0. The van der Waals surface area contributed by atoms with E-state index in [4.69, 9.17) is 23.9 Å². The lowest BCUT2D eigenvalue weighted by atomic mass is 10.2. The number of hydrogen-bond donors (Lipinski definition) is 1. The van der Waals surface area contributed by atoms with Crippen LogP contribution < -0.4 is 19.5 Å². The third-order valence-corrected chi connectivity index (χ3v) is 5.18. The molecule has 0 bridgehead atoms. The van der Waals surface area contributed by atoms with E-state index in [1.54, 1.807) is 43.5 Å². The minimum atomic E-state index is -0.350. The first-order chi connectivity index (χ1) is 17.2. The minimum absolute atomic E-state index is 0.105. The minimum Gasteiger partial charge on any atom is -0.493 e. The molecule has 1 aromatic heterocycles. The van der Waals surface area contributed by atoms with Crippen molar-refractivity contribution in [1.29, 1.82) is 5.26 Å². The van der Waals surface area contributed by atoms with Gasteiger partial charge in [-0.2, -0.15) is 5.26 Å². The Hall–Kier alpha value is -4.70. The molecule has 0 aliphatic carbocycles. The van der Waals surface area contributed by atoms with E-state index < -0.39 is 0 Å². The Labute approximate surface area is 203 Å². The van der Waals surface area contributed by atoms with Crippen molar-refractivity contribution in [1.82, 2.24) is 5.32 Å². The van der Waals surface area contributed by atoms with E-state index in [-0.39, 0.29) is 24.8 Å². The predicted molar refractivity (Wildman–Crippen MR) is 129 cm³/mol. The molecule has 1 amide bonds. The van der Waals surface area contributed by atoms with E-state index in [9.17, 15) is 4.79 Å². The van der Waals surface area contributed by atoms with Crippen LogP contribution in [0.5, 0.6) is 17.2 Å². The average Bonchev–Trinajstić information content (AvgIpc) is 3.39. The molecule has 0 radical (unpaired) electrons. The molecule has 0 spiro atoms. The zero-order chi connectivity index (χ0) is 24.5.